The number of nitrogens with zero attached hydrogens (tertiary/aromatic N) is 1. The van der Waals surface area contributed by atoms with Crippen LogP contribution >= 0.6 is 11.6 Å². The van der Waals surface area contributed by atoms with Gasteiger partial charge in [-0.2, -0.15) is 0 Å². The molecule has 0 bridgehead atoms. The number of halogens is 3. The fourth-order valence-corrected chi connectivity index (χ4v) is 3.42. The maximum absolute atomic E-state index is 13.8. The molecule has 1 unspecified atom stereocenters. The highest BCUT2D eigenvalue weighted by atomic mass is 35.5. The first kappa shape index (κ1) is 19.6. The van der Waals surface area contributed by atoms with Crippen LogP contribution in [-0.4, -0.2) is 37.2 Å². The van der Waals surface area contributed by atoms with Crippen LogP contribution in [0.1, 0.15) is 19.3 Å². The molecule has 1 saturated heterocycles. The summed E-state index contributed by atoms with van der Waals surface area (Å²) in [6.07, 6.45) is 2.40. The van der Waals surface area contributed by atoms with Gasteiger partial charge in [0.15, 0.2) is 0 Å². The van der Waals surface area contributed by atoms with E-state index in [9.17, 15) is 13.6 Å². The minimum Gasteiger partial charge on any atom is -0.449 e. The van der Waals surface area contributed by atoms with E-state index in [0.29, 0.717) is 29.5 Å². The predicted octanol–water partition coefficient (Wildman–Crippen LogP) is 5.32. The van der Waals surface area contributed by atoms with Gasteiger partial charge in [-0.1, -0.05) is 17.7 Å². The molecule has 0 radical (unpaired) electrons. The van der Waals surface area contributed by atoms with E-state index in [-0.39, 0.29) is 5.02 Å². The van der Waals surface area contributed by atoms with Crippen molar-refractivity contribution < 1.29 is 18.3 Å². The van der Waals surface area contributed by atoms with Crippen LogP contribution in [0.25, 0.3) is 11.1 Å². The van der Waals surface area contributed by atoms with Crippen molar-refractivity contribution in [3.8, 4) is 11.1 Å². The van der Waals surface area contributed by atoms with Gasteiger partial charge >= 0.3 is 6.09 Å². The lowest BCUT2D eigenvalue weighted by Crippen LogP contribution is -2.27. The van der Waals surface area contributed by atoms with Gasteiger partial charge in [0.05, 0.1) is 17.3 Å². The molecule has 4 nitrogen and oxygen atoms in total. The fraction of sp³-hybridized carbons (Fsp3) is 0.350. The number of carbonyl (C=O) groups is 1. The van der Waals surface area contributed by atoms with Gasteiger partial charge in [0.1, 0.15) is 11.6 Å². The third kappa shape index (κ3) is 4.96. The van der Waals surface area contributed by atoms with Crippen molar-refractivity contribution in [2.75, 3.05) is 25.5 Å². The first-order valence-electron chi connectivity index (χ1n) is 8.83. The maximum Gasteiger partial charge on any atom is 0.411 e. The van der Waals surface area contributed by atoms with E-state index in [4.69, 9.17) is 16.3 Å². The van der Waals surface area contributed by atoms with Gasteiger partial charge in [-0.05, 0) is 68.8 Å². The van der Waals surface area contributed by atoms with E-state index in [1.54, 1.807) is 6.07 Å². The molecule has 2 aromatic rings. The minimum atomic E-state index is -0.627. The van der Waals surface area contributed by atoms with Crippen molar-refractivity contribution in [1.82, 2.24) is 4.90 Å². The van der Waals surface area contributed by atoms with E-state index in [0.717, 1.165) is 25.8 Å². The van der Waals surface area contributed by atoms with E-state index >= 15 is 0 Å². The van der Waals surface area contributed by atoms with E-state index in [2.05, 4.69) is 17.3 Å². The van der Waals surface area contributed by atoms with Gasteiger partial charge in [-0.3, -0.25) is 5.32 Å². The molecule has 7 heteroatoms. The van der Waals surface area contributed by atoms with Gasteiger partial charge < -0.3 is 9.64 Å². The lowest BCUT2D eigenvalue weighted by atomic mass is 10.0. The number of nitrogens with one attached hydrogen (secondary N) is 1. The third-order valence-electron chi connectivity index (χ3n) is 4.80. The highest BCUT2D eigenvalue weighted by molar-refractivity contribution is 6.30. The standard InChI is InChI=1S/C20H21ClF2N2O2/c1-25-9-2-3-15(25)8-10-27-20(26)24-19-7-5-14(22)12-16(19)13-4-6-17(21)18(23)11-13/h4-7,11-12,15H,2-3,8-10H2,1H3,(H,24,26). The summed E-state index contributed by atoms with van der Waals surface area (Å²) in [5.74, 6) is -1.11. The smallest absolute Gasteiger partial charge is 0.411 e. The summed E-state index contributed by atoms with van der Waals surface area (Å²) < 4.78 is 32.7. The van der Waals surface area contributed by atoms with Crippen molar-refractivity contribution in [1.29, 1.82) is 0 Å². The van der Waals surface area contributed by atoms with Crippen LogP contribution in [-0.2, 0) is 4.74 Å². The van der Waals surface area contributed by atoms with Crippen molar-refractivity contribution in [2.24, 2.45) is 0 Å². The number of rotatable bonds is 5. The maximum atomic E-state index is 13.8. The van der Waals surface area contributed by atoms with Crippen LogP contribution in [0, 0.1) is 11.6 Å². The number of likely N-dealkylation sites (tertiary alicyclic amines) is 1. The number of ether oxygens (including phenoxy) is 1. The molecule has 144 valence electrons. The van der Waals surface area contributed by atoms with Crippen LogP contribution < -0.4 is 5.32 Å². The Morgan fingerprint density at radius 2 is 2.11 bits per heavy atom. The lowest BCUT2D eigenvalue weighted by molar-refractivity contribution is 0.147. The fourth-order valence-electron chi connectivity index (χ4n) is 3.31. The molecule has 3 rings (SSSR count). The minimum absolute atomic E-state index is 0.0269. The number of hydrogen-bond donors (Lipinski definition) is 1. The highest BCUT2D eigenvalue weighted by Gasteiger charge is 2.21. The lowest BCUT2D eigenvalue weighted by Gasteiger charge is -2.19. The topological polar surface area (TPSA) is 41.6 Å². The van der Waals surface area contributed by atoms with Gasteiger partial charge in [0.25, 0.3) is 0 Å². The number of benzene rings is 2. The molecule has 27 heavy (non-hydrogen) atoms. The molecule has 1 heterocycles. The zero-order valence-electron chi connectivity index (χ0n) is 15.0. The summed E-state index contributed by atoms with van der Waals surface area (Å²) in [6, 6.07) is 8.44. The van der Waals surface area contributed by atoms with Crippen molar-refractivity contribution in [2.45, 2.75) is 25.3 Å². The highest BCUT2D eigenvalue weighted by Crippen LogP contribution is 2.31. The number of amides is 1. The Labute approximate surface area is 162 Å². The van der Waals surface area contributed by atoms with Crippen LogP contribution in [0.5, 0.6) is 0 Å². The molecule has 0 spiro atoms. The molecule has 1 amide bonds. The predicted molar refractivity (Wildman–Crippen MR) is 102 cm³/mol. The summed E-state index contributed by atoms with van der Waals surface area (Å²) in [7, 11) is 2.06. The van der Waals surface area contributed by atoms with Crippen LogP contribution in [0.2, 0.25) is 5.02 Å². The Morgan fingerprint density at radius 1 is 1.30 bits per heavy atom. The Bertz CT molecular complexity index is 832. The number of hydrogen-bond acceptors (Lipinski definition) is 3. The molecular weight excluding hydrogens is 374 g/mol. The molecule has 1 aliphatic heterocycles. The Balaban J connectivity index is 1.67. The van der Waals surface area contributed by atoms with Crippen molar-refractivity contribution >= 4 is 23.4 Å². The molecule has 0 saturated carbocycles. The Morgan fingerprint density at radius 3 is 2.81 bits per heavy atom. The molecule has 1 fully saturated rings. The zero-order chi connectivity index (χ0) is 19.4. The molecule has 1 N–H and O–H groups in total. The molecule has 0 aliphatic carbocycles. The molecule has 0 aromatic heterocycles. The second kappa shape index (κ2) is 8.67. The van der Waals surface area contributed by atoms with Crippen molar-refractivity contribution in [3.05, 3.63) is 53.1 Å². The molecular formula is C20H21ClF2N2O2. The summed E-state index contributed by atoms with van der Waals surface area (Å²) in [5.41, 5.74) is 1.08. The summed E-state index contributed by atoms with van der Waals surface area (Å²) in [6.45, 7) is 1.36. The Hall–Kier alpha value is -2.18. The summed E-state index contributed by atoms with van der Waals surface area (Å²) in [4.78, 5) is 14.4. The van der Waals surface area contributed by atoms with E-state index < -0.39 is 17.7 Å². The summed E-state index contributed by atoms with van der Waals surface area (Å²) >= 11 is 5.70. The van der Waals surface area contributed by atoms with E-state index in [1.165, 1.54) is 30.3 Å². The first-order chi connectivity index (χ1) is 12.9. The van der Waals surface area contributed by atoms with Crippen LogP contribution in [0.4, 0.5) is 19.3 Å². The SMILES string of the molecule is CN1CCCC1CCOC(=O)Nc1ccc(F)cc1-c1ccc(Cl)c(F)c1. The number of carbonyl (C=O) groups excluding carboxylic acids is 1. The molecule has 1 aliphatic rings. The third-order valence-corrected chi connectivity index (χ3v) is 5.11. The quantitative estimate of drug-likeness (QED) is 0.746. The summed E-state index contributed by atoms with van der Waals surface area (Å²) in [5, 5.41) is 2.58. The number of anilines is 1. The van der Waals surface area contributed by atoms with Crippen molar-refractivity contribution in [3.63, 3.8) is 0 Å². The van der Waals surface area contributed by atoms with Gasteiger partial charge in [0.2, 0.25) is 0 Å². The largest absolute Gasteiger partial charge is 0.449 e. The average Bonchev–Trinajstić information content (AvgIpc) is 3.04. The van der Waals surface area contributed by atoms with Crippen LogP contribution in [0.3, 0.4) is 0 Å². The second-order valence-corrected chi connectivity index (χ2v) is 7.05. The first-order valence-corrected chi connectivity index (χ1v) is 9.21. The zero-order valence-corrected chi connectivity index (χ0v) is 15.7. The average molecular weight is 395 g/mol. The molecule has 1 atom stereocenters. The molecule has 2 aromatic carbocycles. The van der Waals surface area contributed by atoms with E-state index in [1.807, 2.05) is 0 Å². The van der Waals surface area contributed by atoms with Crippen LogP contribution in [0.15, 0.2) is 36.4 Å². The monoisotopic (exact) mass is 394 g/mol. The van der Waals surface area contributed by atoms with Gasteiger partial charge in [0, 0.05) is 11.6 Å². The Kier molecular flexibility index (Phi) is 6.29. The normalized spacial score (nSPS) is 17.1. The second-order valence-electron chi connectivity index (χ2n) is 6.65. The van der Waals surface area contributed by atoms with Gasteiger partial charge in [-0.15, -0.1) is 0 Å². The van der Waals surface area contributed by atoms with Gasteiger partial charge in [-0.25, -0.2) is 13.6 Å².